The minimum atomic E-state index is -0.421. The molecule has 2 atom stereocenters. The monoisotopic (exact) mass is 373 g/mol. The minimum Gasteiger partial charge on any atom is -0.347 e. The fourth-order valence-electron chi connectivity index (χ4n) is 4.41. The summed E-state index contributed by atoms with van der Waals surface area (Å²) in [6.07, 6.45) is 6.68. The van der Waals surface area contributed by atoms with Crippen molar-refractivity contribution < 1.29 is 14.0 Å². The van der Waals surface area contributed by atoms with Crippen molar-refractivity contribution in [3.63, 3.8) is 0 Å². The van der Waals surface area contributed by atoms with Gasteiger partial charge in [0.25, 0.3) is 11.8 Å². The molecule has 2 N–H and O–H groups in total. The molecule has 136 valence electrons. The predicted molar refractivity (Wildman–Crippen MR) is 96.6 cm³/mol. The topological polar surface area (TPSA) is 71.1 Å². The van der Waals surface area contributed by atoms with Crippen molar-refractivity contribution in [3.05, 3.63) is 52.2 Å². The molecule has 0 aliphatic heterocycles. The lowest BCUT2D eigenvalue weighted by molar-refractivity contribution is 0.0832. The third-order valence-corrected chi connectivity index (χ3v) is 6.31. The van der Waals surface area contributed by atoms with Crippen molar-refractivity contribution in [2.45, 2.75) is 49.6 Å². The van der Waals surface area contributed by atoms with E-state index in [1.807, 2.05) is 0 Å². The largest absolute Gasteiger partial charge is 0.347 e. The molecule has 7 heteroatoms. The van der Waals surface area contributed by atoms with E-state index in [2.05, 4.69) is 15.6 Å². The van der Waals surface area contributed by atoms with E-state index < -0.39 is 5.82 Å². The number of rotatable bonds is 4. The Balaban J connectivity index is 1.48. The van der Waals surface area contributed by atoms with Gasteiger partial charge in [-0.25, -0.2) is 9.37 Å². The van der Waals surface area contributed by atoms with Crippen LogP contribution in [0, 0.1) is 5.82 Å². The average Bonchev–Trinajstić information content (AvgIpc) is 3.22. The van der Waals surface area contributed by atoms with E-state index >= 15 is 0 Å². The maximum Gasteiger partial charge on any atom is 0.280 e. The fraction of sp³-hybridized carbons (Fsp3) is 0.421. The first-order valence-electron chi connectivity index (χ1n) is 8.79. The zero-order valence-electron chi connectivity index (χ0n) is 14.3. The molecule has 5 nitrogen and oxygen atoms in total. The van der Waals surface area contributed by atoms with Crippen LogP contribution in [0.25, 0.3) is 0 Å². The maximum absolute atomic E-state index is 13.4. The molecule has 2 aliphatic carbocycles. The van der Waals surface area contributed by atoms with Crippen LogP contribution in [0.15, 0.2) is 35.8 Å². The Labute approximate surface area is 155 Å². The van der Waals surface area contributed by atoms with Crippen molar-refractivity contribution >= 4 is 23.2 Å². The third kappa shape index (κ3) is 3.23. The van der Waals surface area contributed by atoms with Gasteiger partial charge in [0, 0.05) is 28.2 Å². The summed E-state index contributed by atoms with van der Waals surface area (Å²) in [7, 11) is 0. The molecule has 0 radical (unpaired) electrons. The highest BCUT2D eigenvalue weighted by atomic mass is 32.1. The second-order valence-electron chi connectivity index (χ2n) is 7.35. The molecular formula is C19H20FN3O2S. The first-order valence-corrected chi connectivity index (χ1v) is 9.67. The van der Waals surface area contributed by atoms with Crippen LogP contribution in [0.3, 0.4) is 0 Å². The highest BCUT2D eigenvalue weighted by Crippen LogP contribution is 2.48. The van der Waals surface area contributed by atoms with E-state index in [1.165, 1.54) is 29.5 Å². The van der Waals surface area contributed by atoms with E-state index in [0.29, 0.717) is 17.0 Å². The van der Waals surface area contributed by atoms with E-state index in [4.69, 9.17) is 0 Å². The second kappa shape index (κ2) is 6.46. The summed E-state index contributed by atoms with van der Waals surface area (Å²) in [5.74, 6) is -0.821. The van der Waals surface area contributed by atoms with Gasteiger partial charge >= 0.3 is 0 Å². The summed E-state index contributed by atoms with van der Waals surface area (Å²) in [6.45, 7) is 0. The summed E-state index contributed by atoms with van der Waals surface area (Å²) in [6, 6.07) is 5.73. The highest BCUT2D eigenvalue weighted by molar-refractivity contribution is 7.11. The normalized spacial score (nSPS) is 27.1. The number of nitrogens with zero attached hydrogens (tertiary/aromatic N) is 1. The van der Waals surface area contributed by atoms with Crippen molar-refractivity contribution in [2.24, 2.45) is 0 Å². The predicted octanol–water partition coefficient (Wildman–Crippen LogP) is 3.29. The van der Waals surface area contributed by atoms with Gasteiger partial charge in [-0.1, -0.05) is 6.07 Å². The Morgan fingerprint density at radius 3 is 2.46 bits per heavy atom. The van der Waals surface area contributed by atoms with E-state index in [0.717, 1.165) is 32.1 Å². The lowest BCUT2D eigenvalue weighted by Gasteiger charge is -2.40. The molecule has 0 saturated heterocycles. The van der Waals surface area contributed by atoms with Gasteiger partial charge in [0.05, 0.1) is 0 Å². The number of halogens is 1. The van der Waals surface area contributed by atoms with Crippen LogP contribution < -0.4 is 10.6 Å². The number of fused-ring (bicyclic) bond motifs is 2. The number of hydrogen-bond acceptors (Lipinski definition) is 4. The average molecular weight is 373 g/mol. The Hall–Kier alpha value is -2.28. The molecule has 1 heterocycles. The number of benzene rings is 1. The number of carbonyl (C=O) groups excluding carboxylic acids is 2. The molecule has 1 aromatic carbocycles. The summed E-state index contributed by atoms with van der Waals surface area (Å²) < 4.78 is 13.4. The fourth-order valence-corrected chi connectivity index (χ4v) is 4.94. The molecule has 2 amide bonds. The van der Waals surface area contributed by atoms with Gasteiger partial charge in [-0.3, -0.25) is 9.59 Å². The van der Waals surface area contributed by atoms with Crippen molar-refractivity contribution in [1.82, 2.24) is 15.6 Å². The van der Waals surface area contributed by atoms with Gasteiger partial charge in [-0.05, 0) is 56.7 Å². The Morgan fingerprint density at radius 2 is 1.81 bits per heavy atom. The quantitative estimate of drug-likeness (QED) is 0.864. The smallest absolute Gasteiger partial charge is 0.280 e. The Kier molecular flexibility index (Phi) is 4.26. The SMILES string of the molecule is O=C(NC12CCCC(NC(=O)c3nccs3)(CC1)C2)c1cccc(F)c1. The molecule has 0 spiro atoms. The minimum absolute atomic E-state index is 0.144. The van der Waals surface area contributed by atoms with Crippen LogP contribution in [-0.2, 0) is 0 Å². The number of hydrogen-bond donors (Lipinski definition) is 2. The zero-order chi connectivity index (χ0) is 18.2. The first kappa shape index (κ1) is 17.1. The highest BCUT2D eigenvalue weighted by Gasteiger charge is 2.52. The second-order valence-corrected chi connectivity index (χ2v) is 8.24. The van der Waals surface area contributed by atoms with Crippen LogP contribution in [-0.4, -0.2) is 27.9 Å². The van der Waals surface area contributed by atoms with Gasteiger partial charge in [0.2, 0.25) is 0 Å². The van der Waals surface area contributed by atoms with E-state index in [-0.39, 0.29) is 22.9 Å². The molecule has 2 aromatic rings. The molecule has 2 aliphatic rings. The van der Waals surface area contributed by atoms with Crippen molar-refractivity contribution in [1.29, 1.82) is 0 Å². The first-order chi connectivity index (χ1) is 12.5. The Bertz CT molecular complexity index is 841. The third-order valence-electron chi connectivity index (χ3n) is 5.54. The van der Waals surface area contributed by atoms with Crippen LogP contribution in [0.5, 0.6) is 0 Å². The van der Waals surface area contributed by atoms with Gasteiger partial charge in [-0.15, -0.1) is 11.3 Å². The van der Waals surface area contributed by atoms with Crippen molar-refractivity contribution in [3.8, 4) is 0 Å². The number of nitrogens with one attached hydrogen (secondary N) is 2. The molecule has 2 unspecified atom stereocenters. The van der Waals surface area contributed by atoms with Crippen molar-refractivity contribution in [2.75, 3.05) is 0 Å². The van der Waals surface area contributed by atoms with Gasteiger partial charge < -0.3 is 10.6 Å². The molecule has 4 rings (SSSR count). The van der Waals surface area contributed by atoms with Crippen LogP contribution >= 0.6 is 11.3 Å². The molecular weight excluding hydrogens is 353 g/mol. The molecule has 2 saturated carbocycles. The van der Waals surface area contributed by atoms with Gasteiger partial charge in [0.15, 0.2) is 5.01 Å². The van der Waals surface area contributed by atoms with Gasteiger partial charge in [0.1, 0.15) is 5.82 Å². The summed E-state index contributed by atoms with van der Waals surface area (Å²) in [5, 5.41) is 8.55. The molecule has 26 heavy (non-hydrogen) atoms. The maximum atomic E-state index is 13.4. The Morgan fingerprint density at radius 1 is 1.08 bits per heavy atom. The van der Waals surface area contributed by atoms with Crippen LogP contribution in [0.2, 0.25) is 0 Å². The number of aromatic nitrogens is 1. The lowest BCUT2D eigenvalue weighted by atomic mass is 9.78. The summed E-state index contributed by atoms with van der Waals surface area (Å²) in [5.41, 5.74) is -0.303. The molecule has 2 fully saturated rings. The van der Waals surface area contributed by atoms with E-state index in [1.54, 1.807) is 17.6 Å². The standard InChI is InChI=1S/C19H20FN3O2S/c20-14-4-1-3-13(11-14)15(24)22-18-5-2-6-19(12-18,8-7-18)23-16(25)17-21-9-10-26-17/h1,3-4,9-11H,2,5-8,12H2,(H,22,24)(H,23,25). The summed E-state index contributed by atoms with van der Waals surface area (Å²) >= 11 is 1.32. The zero-order valence-corrected chi connectivity index (χ0v) is 15.1. The number of thiazole rings is 1. The van der Waals surface area contributed by atoms with E-state index in [9.17, 15) is 14.0 Å². The lowest BCUT2D eigenvalue weighted by Crippen LogP contribution is -2.55. The summed E-state index contributed by atoms with van der Waals surface area (Å²) in [4.78, 5) is 29.1. The molecule has 1 aromatic heterocycles. The van der Waals surface area contributed by atoms with Crippen LogP contribution in [0.1, 0.15) is 58.7 Å². The van der Waals surface area contributed by atoms with Crippen LogP contribution in [0.4, 0.5) is 4.39 Å². The molecule has 2 bridgehead atoms. The van der Waals surface area contributed by atoms with Gasteiger partial charge in [-0.2, -0.15) is 0 Å². The number of carbonyl (C=O) groups is 2. The number of amides is 2.